The summed E-state index contributed by atoms with van der Waals surface area (Å²) in [5.41, 5.74) is 1.23. The molecular formula is C17H25N3O2. The fourth-order valence-corrected chi connectivity index (χ4v) is 2.63. The second kappa shape index (κ2) is 9.42. The molecule has 0 N–H and O–H groups in total. The molecule has 2 rings (SSSR count). The minimum absolute atomic E-state index is 0.579. The molecular weight excluding hydrogens is 278 g/mol. The van der Waals surface area contributed by atoms with Crippen LogP contribution in [0.25, 0.3) is 0 Å². The highest BCUT2D eigenvalue weighted by molar-refractivity contribution is 5.33. The van der Waals surface area contributed by atoms with Gasteiger partial charge in [-0.05, 0) is 6.07 Å². The van der Waals surface area contributed by atoms with Crippen LogP contribution in [-0.4, -0.2) is 62.8 Å². The number of nitrogens with zero attached hydrogens (tertiary/aromatic N) is 3. The van der Waals surface area contributed by atoms with E-state index in [9.17, 15) is 0 Å². The molecule has 1 aromatic rings. The Balaban J connectivity index is 1.83. The van der Waals surface area contributed by atoms with E-state index in [-0.39, 0.29) is 0 Å². The van der Waals surface area contributed by atoms with Gasteiger partial charge in [-0.15, -0.1) is 0 Å². The molecule has 1 heterocycles. The summed E-state index contributed by atoms with van der Waals surface area (Å²) in [5, 5.41) is 8.65. The van der Waals surface area contributed by atoms with Gasteiger partial charge in [0.25, 0.3) is 0 Å². The molecule has 1 aliphatic rings. The van der Waals surface area contributed by atoms with Crippen molar-refractivity contribution in [2.24, 2.45) is 0 Å². The zero-order valence-corrected chi connectivity index (χ0v) is 13.3. The fraction of sp³-hybridized carbons (Fsp3) is 0.588. The van der Waals surface area contributed by atoms with Gasteiger partial charge in [-0.3, -0.25) is 9.80 Å². The van der Waals surface area contributed by atoms with E-state index in [1.54, 1.807) is 7.11 Å². The van der Waals surface area contributed by atoms with Crippen molar-refractivity contribution in [2.45, 2.75) is 13.0 Å². The molecule has 22 heavy (non-hydrogen) atoms. The molecule has 0 amide bonds. The van der Waals surface area contributed by atoms with Crippen molar-refractivity contribution in [2.75, 3.05) is 53.0 Å². The minimum atomic E-state index is 0.579. The second-order valence-corrected chi connectivity index (χ2v) is 5.47. The fourth-order valence-electron chi connectivity index (χ4n) is 2.63. The molecule has 0 spiro atoms. The van der Waals surface area contributed by atoms with E-state index in [0.29, 0.717) is 19.6 Å². The summed E-state index contributed by atoms with van der Waals surface area (Å²) < 4.78 is 10.8. The van der Waals surface area contributed by atoms with E-state index in [1.807, 2.05) is 12.1 Å². The number of rotatable bonds is 8. The van der Waals surface area contributed by atoms with E-state index in [4.69, 9.17) is 14.7 Å². The summed E-state index contributed by atoms with van der Waals surface area (Å²) in [5.74, 6) is 0.950. The smallest absolute Gasteiger partial charge is 0.123 e. The topological polar surface area (TPSA) is 48.7 Å². The van der Waals surface area contributed by atoms with Crippen LogP contribution in [0, 0.1) is 11.3 Å². The van der Waals surface area contributed by atoms with Gasteiger partial charge in [0.2, 0.25) is 0 Å². The largest absolute Gasteiger partial charge is 0.491 e. The zero-order chi connectivity index (χ0) is 15.6. The number of hydrogen-bond donors (Lipinski definition) is 0. The summed E-state index contributed by atoms with van der Waals surface area (Å²) in [6.45, 7) is 7.13. The van der Waals surface area contributed by atoms with E-state index in [2.05, 4.69) is 28.0 Å². The van der Waals surface area contributed by atoms with Crippen LogP contribution in [0.3, 0.4) is 0 Å². The maximum Gasteiger partial charge on any atom is 0.123 e. The zero-order valence-electron chi connectivity index (χ0n) is 13.3. The van der Waals surface area contributed by atoms with Crippen molar-refractivity contribution >= 4 is 0 Å². The first-order valence-electron chi connectivity index (χ1n) is 7.85. The summed E-state index contributed by atoms with van der Waals surface area (Å²) in [6, 6.07) is 10.4. The van der Waals surface area contributed by atoms with E-state index < -0.39 is 0 Å². The summed E-state index contributed by atoms with van der Waals surface area (Å²) >= 11 is 0. The Kier molecular flexibility index (Phi) is 7.17. The number of benzene rings is 1. The Labute approximate surface area is 133 Å². The Morgan fingerprint density at radius 3 is 2.55 bits per heavy atom. The van der Waals surface area contributed by atoms with E-state index in [0.717, 1.165) is 45.0 Å². The maximum absolute atomic E-state index is 8.65. The average molecular weight is 303 g/mol. The summed E-state index contributed by atoms with van der Waals surface area (Å²) in [4.78, 5) is 4.81. The molecule has 0 aliphatic carbocycles. The average Bonchev–Trinajstić information content (AvgIpc) is 2.56. The van der Waals surface area contributed by atoms with E-state index >= 15 is 0 Å². The Morgan fingerprint density at radius 2 is 1.82 bits per heavy atom. The lowest BCUT2D eigenvalue weighted by atomic mass is 10.1. The van der Waals surface area contributed by atoms with Crippen molar-refractivity contribution in [3.63, 3.8) is 0 Å². The van der Waals surface area contributed by atoms with Crippen LogP contribution in [-0.2, 0) is 11.3 Å². The van der Waals surface area contributed by atoms with Crippen molar-refractivity contribution in [1.29, 1.82) is 5.26 Å². The SMILES string of the molecule is COCCOc1ccccc1CN1CCN(CCC#N)CC1. The predicted octanol–water partition coefficient (Wildman–Crippen LogP) is 1.74. The van der Waals surface area contributed by atoms with Gasteiger partial charge in [0, 0.05) is 58.4 Å². The molecule has 1 aliphatic heterocycles. The number of para-hydroxylation sites is 1. The lowest BCUT2D eigenvalue weighted by Crippen LogP contribution is -2.46. The first kappa shape index (κ1) is 16.8. The van der Waals surface area contributed by atoms with Crippen LogP contribution in [0.5, 0.6) is 5.75 Å². The van der Waals surface area contributed by atoms with E-state index in [1.165, 1.54) is 5.56 Å². The van der Waals surface area contributed by atoms with Crippen LogP contribution >= 0.6 is 0 Å². The molecule has 1 saturated heterocycles. The third-order valence-electron chi connectivity index (χ3n) is 3.92. The molecule has 0 bridgehead atoms. The Bertz CT molecular complexity index is 479. The van der Waals surface area contributed by atoms with Gasteiger partial charge in [0.05, 0.1) is 12.7 Å². The number of nitriles is 1. The predicted molar refractivity (Wildman–Crippen MR) is 85.8 cm³/mol. The van der Waals surface area contributed by atoms with Crippen molar-refractivity contribution in [3.8, 4) is 11.8 Å². The van der Waals surface area contributed by atoms with Crippen LogP contribution in [0.1, 0.15) is 12.0 Å². The molecule has 0 saturated carbocycles. The molecule has 0 atom stereocenters. The van der Waals surface area contributed by atoms with Crippen LogP contribution < -0.4 is 4.74 Å². The van der Waals surface area contributed by atoms with Crippen LogP contribution in [0.4, 0.5) is 0 Å². The van der Waals surface area contributed by atoms with Gasteiger partial charge < -0.3 is 9.47 Å². The molecule has 5 nitrogen and oxygen atoms in total. The first-order valence-corrected chi connectivity index (χ1v) is 7.85. The first-order chi connectivity index (χ1) is 10.8. The summed E-state index contributed by atoms with van der Waals surface area (Å²) in [6.07, 6.45) is 0.621. The van der Waals surface area contributed by atoms with Gasteiger partial charge in [-0.25, -0.2) is 0 Å². The number of hydrogen-bond acceptors (Lipinski definition) is 5. The van der Waals surface area contributed by atoms with Gasteiger partial charge in [-0.2, -0.15) is 5.26 Å². The van der Waals surface area contributed by atoms with Crippen molar-refractivity contribution in [1.82, 2.24) is 9.80 Å². The number of ether oxygens (including phenoxy) is 2. The third kappa shape index (κ3) is 5.30. The van der Waals surface area contributed by atoms with Gasteiger partial charge in [0.15, 0.2) is 0 Å². The molecule has 5 heteroatoms. The van der Waals surface area contributed by atoms with Gasteiger partial charge >= 0.3 is 0 Å². The molecule has 1 aromatic carbocycles. The quantitative estimate of drug-likeness (QED) is 0.685. The van der Waals surface area contributed by atoms with Gasteiger partial charge in [0.1, 0.15) is 12.4 Å². The second-order valence-electron chi connectivity index (χ2n) is 5.47. The highest BCUT2D eigenvalue weighted by Crippen LogP contribution is 2.20. The lowest BCUT2D eigenvalue weighted by Gasteiger charge is -2.34. The van der Waals surface area contributed by atoms with Crippen LogP contribution in [0.15, 0.2) is 24.3 Å². The van der Waals surface area contributed by atoms with Crippen LogP contribution in [0.2, 0.25) is 0 Å². The standard InChI is InChI=1S/C17H25N3O2/c1-21-13-14-22-17-6-3-2-5-16(17)15-20-11-9-19(10-12-20)8-4-7-18/h2-3,5-6H,4,8-15H2,1H3. The monoisotopic (exact) mass is 303 g/mol. The molecule has 0 radical (unpaired) electrons. The summed E-state index contributed by atoms with van der Waals surface area (Å²) in [7, 11) is 1.68. The number of piperazine rings is 1. The minimum Gasteiger partial charge on any atom is -0.491 e. The molecule has 120 valence electrons. The van der Waals surface area contributed by atoms with Crippen molar-refractivity contribution in [3.05, 3.63) is 29.8 Å². The van der Waals surface area contributed by atoms with Crippen molar-refractivity contribution < 1.29 is 9.47 Å². The third-order valence-corrected chi connectivity index (χ3v) is 3.92. The highest BCUT2D eigenvalue weighted by atomic mass is 16.5. The lowest BCUT2D eigenvalue weighted by molar-refractivity contribution is 0.125. The Morgan fingerprint density at radius 1 is 1.09 bits per heavy atom. The van der Waals surface area contributed by atoms with Gasteiger partial charge in [-0.1, -0.05) is 18.2 Å². The molecule has 0 unspecified atom stereocenters. The normalized spacial score (nSPS) is 16.4. The molecule has 1 fully saturated rings. The Hall–Kier alpha value is -1.61. The maximum atomic E-state index is 8.65. The molecule has 0 aromatic heterocycles. The number of methoxy groups -OCH3 is 1. The highest BCUT2D eigenvalue weighted by Gasteiger charge is 2.17.